The summed E-state index contributed by atoms with van der Waals surface area (Å²) in [6.45, 7) is 1.84. The maximum Gasteiger partial charge on any atom is 0.336 e. The Morgan fingerprint density at radius 2 is 1.92 bits per heavy atom. The number of benzene rings is 2. The molecule has 4 rings (SSSR count). The van der Waals surface area contributed by atoms with Crippen LogP contribution in [-0.2, 0) is 0 Å². The number of fused-ring (bicyclic) bond motifs is 1. The SMILES string of the molecule is Cc1o[n+](-c2ccccc2)cc1-c1cc(C(=O)O)c2cc(Br)ccc2n1. The molecule has 4 aromatic rings. The molecule has 1 N–H and O–H groups in total. The number of hydrogen-bond acceptors (Lipinski definition) is 3. The van der Waals surface area contributed by atoms with E-state index in [9.17, 15) is 9.90 Å². The lowest BCUT2D eigenvalue weighted by atomic mass is 10.0. The second-order valence-corrected chi connectivity index (χ2v) is 6.79. The van der Waals surface area contributed by atoms with E-state index in [4.69, 9.17) is 4.52 Å². The Morgan fingerprint density at radius 3 is 2.65 bits per heavy atom. The third-order valence-electron chi connectivity index (χ3n) is 4.15. The number of carboxylic acid groups (broad SMARTS) is 1. The summed E-state index contributed by atoms with van der Waals surface area (Å²) in [6, 6.07) is 16.6. The quantitative estimate of drug-likeness (QED) is 0.504. The van der Waals surface area contributed by atoms with Gasteiger partial charge in [-0.15, -0.1) is 0 Å². The highest BCUT2D eigenvalue weighted by atomic mass is 79.9. The maximum absolute atomic E-state index is 11.7. The van der Waals surface area contributed by atoms with E-state index in [0.29, 0.717) is 22.4 Å². The number of nitrogens with zero attached hydrogens (tertiary/aromatic N) is 2. The van der Waals surface area contributed by atoms with Gasteiger partial charge in [-0.1, -0.05) is 34.1 Å². The van der Waals surface area contributed by atoms with Gasteiger partial charge in [-0.05, 0) is 24.3 Å². The van der Waals surface area contributed by atoms with Gasteiger partial charge < -0.3 is 5.11 Å². The van der Waals surface area contributed by atoms with Crippen LogP contribution in [0.1, 0.15) is 16.1 Å². The molecule has 2 heterocycles. The summed E-state index contributed by atoms with van der Waals surface area (Å²) in [7, 11) is 0. The summed E-state index contributed by atoms with van der Waals surface area (Å²) in [6.07, 6.45) is 1.82. The standard InChI is InChI=1S/C20H13BrN2O3/c1-12-17(11-23(26-12)14-5-3-2-4-6-14)19-10-16(20(24)25)15-9-13(21)7-8-18(15)22-19/h2-11H,1H3/p+1. The molecule has 0 atom stereocenters. The molecule has 0 aliphatic heterocycles. The molecule has 0 spiro atoms. The Kier molecular flexibility index (Phi) is 4.05. The molecule has 0 aliphatic carbocycles. The highest BCUT2D eigenvalue weighted by Crippen LogP contribution is 2.28. The van der Waals surface area contributed by atoms with Crippen LogP contribution < -0.4 is 4.74 Å². The Balaban J connectivity index is 1.91. The van der Waals surface area contributed by atoms with E-state index >= 15 is 0 Å². The number of rotatable bonds is 3. The summed E-state index contributed by atoms with van der Waals surface area (Å²) in [5, 5.41) is 10.2. The summed E-state index contributed by atoms with van der Waals surface area (Å²) in [5.74, 6) is -0.331. The Morgan fingerprint density at radius 1 is 1.15 bits per heavy atom. The van der Waals surface area contributed by atoms with Crippen LogP contribution in [0, 0.1) is 6.92 Å². The van der Waals surface area contributed by atoms with E-state index in [1.54, 1.807) is 22.9 Å². The number of pyridine rings is 1. The van der Waals surface area contributed by atoms with E-state index in [2.05, 4.69) is 20.9 Å². The lowest BCUT2D eigenvalue weighted by Gasteiger charge is -2.05. The van der Waals surface area contributed by atoms with E-state index < -0.39 is 5.97 Å². The average Bonchev–Trinajstić information content (AvgIpc) is 3.03. The van der Waals surface area contributed by atoms with Crippen molar-refractivity contribution in [2.45, 2.75) is 6.92 Å². The number of carboxylic acids is 1. The van der Waals surface area contributed by atoms with Crippen molar-refractivity contribution in [2.75, 3.05) is 0 Å². The largest absolute Gasteiger partial charge is 0.478 e. The smallest absolute Gasteiger partial charge is 0.336 e. The first kappa shape index (κ1) is 16.5. The molecule has 0 saturated heterocycles. The van der Waals surface area contributed by atoms with Gasteiger partial charge in [0, 0.05) is 33.7 Å². The van der Waals surface area contributed by atoms with Gasteiger partial charge in [0.2, 0.25) is 6.20 Å². The van der Waals surface area contributed by atoms with Crippen LogP contribution in [-0.4, -0.2) is 16.1 Å². The number of hydrogen-bond donors (Lipinski definition) is 1. The fourth-order valence-electron chi connectivity index (χ4n) is 2.89. The zero-order valence-electron chi connectivity index (χ0n) is 13.8. The van der Waals surface area contributed by atoms with E-state index in [-0.39, 0.29) is 5.56 Å². The van der Waals surface area contributed by atoms with Crippen molar-refractivity contribution >= 4 is 32.8 Å². The van der Waals surface area contributed by atoms with Crippen molar-refractivity contribution in [1.82, 2.24) is 4.98 Å². The number of carbonyl (C=O) groups is 1. The lowest BCUT2D eigenvalue weighted by molar-refractivity contribution is -0.785. The zero-order valence-corrected chi connectivity index (χ0v) is 15.4. The highest BCUT2D eigenvalue weighted by Gasteiger charge is 2.22. The van der Waals surface area contributed by atoms with E-state index in [1.165, 1.54) is 0 Å². The van der Waals surface area contributed by atoms with Crippen LogP contribution in [0.2, 0.25) is 0 Å². The normalized spacial score (nSPS) is 11.0. The zero-order chi connectivity index (χ0) is 18.3. The molecule has 6 heteroatoms. The summed E-state index contributed by atoms with van der Waals surface area (Å²) in [5.41, 5.74) is 3.02. The molecule has 26 heavy (non-hydrogen) atoms. The van der Waals surface area contributed by atoms with Gasteiger partial charge >= 0.3 is 5.97 Å². The van der Waals surface area contributed by atoms with E-state index in [1.807, 2.05) is 49.5 Å². The fraction of sp³-hybridized carbons (Fsp3) is 0.0500. The number of para-hydroxylation sites is 1. The highest BCUT2D eigenvalue weighted by molar-refractivity contribution is 9.10. The van der Waals surface area contributed by atoms with Crippen LogP contribution >= 0.6 is 15.9 Å². The molecule has 2 aromatic heterocycles. The molecule has 128 valence electrons. The molecule has 0 radical (unpaired) electrons. The first-order valence-electron chi connectivity index (χ1n) is 7.95. The first-order valence-corrected chi connectivity index (χ1v) is 8.74. The van der Waals surface area contributed by atoms with Crippen molar-refractivity contribution in [2.24, 2.45) is 0 Å². The summed E-state index contributed by atoms with van der Waals surface area (Å²) < 4.78 is 8.27. The molecule has 0 aliphatic rings. The van der Waals surface area contributed by atoms with Crippen LogP contribution in [0.3, 0.4) is 0 Å². The third kappa shape index (κ3) is 2.88. The molecule has 0 fully saturated rings. The average molecular weight is 410 g/mol. The van der Waals surface area contributed by atoms with Crippen LogP contribution in [0.5, 0.6) is 0 Å². The predicted molar refractivity (Wildman–Crippen MR) is 100 cm³/mol. The Bertz CT molecular complexity index is 1140. The third-order valence-corrected chi connectivity index (χ3v) is 4.64. The van der Waals surface area contributed by atoms with Crippen molar-refractivity contribution < 1.29 is 19.2 Å². The van der Waals surface area contributed by atoms with Gasteiger partial charge in [0.25, 0.3) is 5.69 Å². The number of aryl methyl sites for hydroxylation is 1. The molecule has 0 bridgehead atoms. The minimum atomic E-state index is -0.992. The molecule has 5 nitrogen and oxygen atoms in total. The Labute approximate surface area is 157 Å². The van der Waals surface area contributed by atoms with Crippen molar-refractivity contribution in [1.29, 1.82) is 0 Å². The first-order chi connectivity index (χ1) is 12.5. The topological polar surface area (TPSA) is 67.2 Å². The second-order valence-electron chi connectivity index (χ2n) is 5.87. The van der Waals surface area contributed by atoms with Gasteiger partial charge in [-0.2, -0.15) is 0 Å². The Hall–Kier alpha value is -2.99. The van der Waals surface area contributed by atoms with Crippen LogP contribution in [0.25, 0.3) is 27.8 Å². The van der Waals surface area contributed by atoms with Gasteiger partial charge in [0.15, 0.2) is 5.76 Å². The molecular weight excluding hydrogens is 396 g/mol. The monoisotopic (exact) mass is 409 g/mol. The lowest BCUT2D eigenvalue weighted by Crippen LogP contribution is -2.26. The number of aromatic carboxylic acids is 1. The van der Waals surface area contributed by atoms with Crippen molar-refractivity contribution in [3.05, 3.63) is 76.6 Å². The minimum absolute atomic E-state index is 0.207. The summed E-state index contributed by atoms with van der Waals surface area (Å²) in [4.78, 5) is 16.4. The van der Waals surface area contributed by atoms with Crippen molar-refractivity contribution in [3.8, 4) is 16.9 Å². The number of aromatic nitrogens is 2. The minimum Gasteiger partial charge on any atom is -0.478 e. The maximum atomic E-state index is 11.7. The molecule has 0 amide bonds. The fourth-order valence-corrected chi connectivity index (χ4v) is 3.25. The summed E-state index contributed by atoms with van der Waals surface area (Å²) >= 11 is 3.38. The van der Waals surface area contributed by atoms with Gasteiger partial charge in [-0.25, -0.2) is 14.3 Å². The molecule has 0 saturated carbocycles. The van der Waals surface area contributed by atoms with Crippen LogP contribution in [0.4, 0.5) is 0 Å². The predicted octanol–water partition coefficient (Wildman–Crippen LogP) is 4.54. The van der Waals surface area contributed by atoms with Crippen LogP contribution in [0.15, 0.2) is 69.8 Å². The van der Waals surface area contributed by atoms with Gasteiger partial charge in [0.1, 0.15) is 5.56 Å². The van der Waals surface area contributed by atoms with Gasteiger partial charge in [0.05, 0.1) is 16.8 Å². The molecule has 2 aromatic carbocycles. The van der Waals surface area contributed by atoms with E-state index in [0.717, 1.165) is 15.7 Å². The van der Waals surface area contributed by atoms with Gasteiger partial charge in [-0.3, -0.25) is 0 Å². The number of halogens is 1. The molecular formula is C20H14BrN2O3+. The second kappa shape index (κ2) is 6.38. The molecule has 0 unspecified atom stereocenters. The van der Waals surface area contributed by atoms with Crippen molar-refractivity contribution in [3.63, 3.8) is 0 Å².